The molecule has 2 aromatic heterocycles. The number of fused-ring (bicyclic) bond motifs is 1. The summed E-state index contributed by atoms with van der Waals surface area (Å²) in [4.78, 5) is 4.30. The van der Waals surface area contributed by atoms with Crippen molar-refractivity contribution in [1.29, 1.82) is 0 Å². The molecule has 0 spiro atoms. The Morgan fingerprint density at radius 1 is 1.19 bits per heavy atom. The van der Waals surface area contributed by atoms with Crippen molar-refractivity contribution < 1.29 is 5.21 Å². The van der Waals surface area contributed by atoms with E-state index in [9.17, 15) is 0 Å². The lowest BCUT2D eigenvalue weighted by Crippen LogP contribution is -2.14. The van der Waals surface area contributed by atoms with E-state index in [1.807, 2.05) is 37.3 Å². The van der Waals surface area contributed by atoms with Crippen LogP contribution in [-0.2, 0) is 0 Å². The van der Waals surface area contributed by atoms with Crippen molar-refractivity contribution in [2.45, 2.75) is 13.8 Å². The van der Waals surface area contributed by atoms with Gasteiger partial charge in [0.2, 0.25) is 0 Å². The van der Waals surface area contributed by atoms with Crippen LogP contribution in [0.3, 0.4) is 0 Å². The van der Waals surface area contributed by atoms with Gasteiger partial charge in [0.05, 0.1) is 17.0 Å². The zero-order valence-electron chi connectivity index (χ0n) is 11.8. The van der Waals surface area contributed by atoms with Crippen LogP contribution in [0.4, 0.5) is 0 Å². The molecule has 6 nitrogen and oxygen atoms in total. The smallest absolute Gasteiger partial charge is 0.175 e. The Labute approximate surface area is 121 Å². The maximum Gasteiger partial charge on any atom is 0.175 e. The molecule has 1 aromatic carbocycles. The molecular weight excluding hydrogens is 266 g/mol. The van der Waals surface area contributed by atoms with Gasteiger partial charge in [-0.2, -0.15) is 5.10 Å². The molecule has 0 bridgehead atoms. The number of hydrogen-bond donors (Lipinski definition) is 2. The Morgan fingerprint density at radius 3 is 2.57 bits per heavy atom. The summed E-state index contributed by atoms with van der Waals surface area (Å²) < 4.78 is 1.72. The first-order valence-corrected chi connectivity index (χ1v) is 6.51. The minimum atomic E-state index is 0.0102. The summed E-state index contributed by atoms with van der Waals surface area (Å²) in [5, 5.41) is 16.4. The zero-order valence-corrected chi connectivity index (χ0v) is 11.8. The van der Waals surface area contributed by atoms with E-state index < -0.39 is 0 Å². The van der Waals surface area contributed by atoms with Crippen LogP contribution in [0, 0.1) is 13.8 Å². The first-order valence-electron chi connectivity index (χ1n) is 6.51. The molecule has 0 saturated heterocycles. The van der Waals surface area contributed by atoms with Crippen LogP contribution < -0.4 is 5.73 Å². The van der Waals surface area contributed by atoms with E-state index >= 15 is 0 Å². The first kappa shape index (κ1) is 13.1. The van der Waals surface area contributed by atoms with Gasteiger partial charge in [0.25, 0.3) is 0 Å². The van der Waals surface area contributed by atoms with E-state index in [1.165, 1.54) is 5.56 Å². The SMILES string of the molecule is Cc1ccc(-c2ccnc3c(/C(N)=N/O)c(C)nn23)cc1. The third kappa shape index (κ3) is 2.10. The molecular formula is C15H15N5O. The number of oxime groups is 1. The lowest BCUT2D eigenvalue weighted by Gasteiger charge is -2.05. The predicted octanol–water partition coefficient (Wildman–Crippen LogP) is 2.11. The number of rotatable bonds is 2. The molecule has 0 atom stereocenters. The molecule has 6 heteroatoms. The standard InChI is InChI=1S/C15H15N5O/c1-9-3-5-11(6-4-9)12-7-8-17-15-13(14(16)19-21)10(2)18-20(12)15/h3-8,21H,1-2H3,(H2,16,19). The van der Waals surface area contributed by atoms with E-state index in [4.69, 9.17) is 10.9 Å². The molecule has 106 valence electrons. The highest BCUT2D eigenvalue weighted by Gasteiger charge is 2.17. The number of benzene rings is 1. The summed E-state index contributed by atoms with van der Waals surface area (Å²) in [5.74, 6) is 0.0102. The molecule has 0 unspecified atom stereocenters. The van der Waals surface area contributed by atoms with Crippen LogP contribution >= 0.6 is 0 Å². The quantitative estimate of drug-likeness (QED) is 0.326. The molecule has 3 N–H and O–H groups in total. The maximum absolute atomic E-state index is 8.91. The van der Waals surface area contributed by atoms with Gasteiger partial charge < -0.3 is 10.9 Å². The minimum absolute atomic E-state index is 0.0102. The van der Waals surface area contributed by atoms with Crippen molar-refractivity contribution in [3.63, 3.8) is 0 Å². The third-order valence-corrected chi connectivity index (χ3v) is 3.40. The summed E-state index contributed by atoms with van der Waals surface area (Å²) in [7, 11) is 0. The largest absolute Gasteiger partial charge is 0.409 e. The van der Waals surface area contributed by atoms with Gasteiger partial charge in [-0.25, -0.2) is 9.50 Å². The molecule has 3 aromatic rings. The molecule has 0 amide bonds. The average Bonchev–Trinajstić information content (AvgIpc) is 2.83. The highest BCUT2D eigenvalue weighted by molar-refractivity contribution is 6.03. The fraction of sp³-hybridized carbons (Fsp3) is 0.133. The summed E-state index contributed by atoms with van der Waals surface area (Å²) >= 11 is 0. The number of aromatic nitrogens is 3. The topological polar surface area (TPSA) is 88.8 Å². The number of amidine groups is 1. The van der Waals surface area contributed by atoms with Crippen molar-refractivity contribution in [3.8, 4) is 11.3 Å². The molecule has 0 radical (unpaired) electrons. The number of nitrogens with zero attached hydrogens (tertiary/aromatic N) is 4. The zero-order chi connectivity index (χ0) is 15.0. The van der Waals surface area contributed by atoms with E-state index in [2.05, 4.69) is 15.2 Å². The van der Waals surface area contributed by atoms with Crippen molar-refractivity contribution in [2.75, 3.05) is 0 Å². The molecule has 0 fully saturated rings. The van der Waals surface area contributed by atoms with Gasteiger partial charge in [-0.1, -0.05) is 35.0 Å². The highest BCUT2D eigenvalue weighted by atomic mass is 16.4. The Balaban J connectivity index is 2.29. The first-order chi connectivity index (χ1) is 10.1. The lowest BCUT2D eigenvalue weighted by molar-refractivity contribution is 0.318. The van der Waals surface area contributed by atoms with E-state index in [0.29, 0.717) is 16.9 Å². The average molecular weight is 281 g/mol. The predicted molar refractivity (Wildman–Crippen MR) is 80.4 cm³/mol. The molecule has 3 rings (SSSR count). The van der Waals surface area contributed by atoms with Crippen LogP contribution in [0.1, 0.15) is 16.8 Å². The van der Waals surface area contributed by atoms with Crippen molar-refractivity contribution in [2.24, 2.45) is 10.9 Å². The van der Waals surface area contributed by atoms with Crippen molar-refractivity contribution in [1.82, 2.24) is 14.6 Å². The summed E-state index contributed by atoms with van der Waals surface area (Å²) in [6.45, 7) is 3.85. The van der Waals surface area contributed by atoms with Crippen LogP contribution in [0.2, 0.25) is 0 Å². The van der Waals surface area contributed by atoms with Crippen LogP contribution in [0.15, 0.2) is 41.7 Å². The number of hydrogen-bond acceptors (Lipinski definition) is 4. The normalized spacial score (nSPS) is 12.0. The fourth-order valence-electron chi connectivity index (χ4n) is 2.34. The Hall–Kier alpha value is -2.89. The van der Waals surface area contributed by atoms with Crippen LogP contribution in [0.25, 0.3) is 16.9 Å². The van der Waals surface area contributed by atoms with E-state index in [0.717, 1.165) is 11.3 Å². The van der Waals surface area contributed by atoms with Gasteiger partial charge >= 0.3 is 0 Å². The maximum atomic E-state index is 8.91. The Bertz CT molecular complexity index is 833. The van der Waals surface area contributed by atoms with Gasteiger partial charge in [-0.3, -0.25) is 0 Å². The minimum Gasteiger partial charge on any atom is -0.409 e. The number of aryl methyl sites for hydroxylation is 2. The molecule has 0 saturated carbocycles. The second-order valence-corrected chi connectivity index (χ2v) is 4.88. The highest BCUT2D eigenvalue weighted by Crippen LogP contribution is 2.22. The van der Waals surface area contributed by atoms with Gasteiger partial charge in [0, 0.05) is 11.8 Å². The van der Waals surface area contributed by atoms with E-state index in [-0.39, 0.29) is 5.84 Å². The van der Waals surface area contributed by atoms with Crippen LogP contribution in [0.5, 0.6) is 0 Å². The molecule has 2 heterocycles. The Kier molecular flexibility index (Phi) is 3.06. The van der Waals surface area contributed by atoms with Gasteiger partial charge in [0.15, 0.2) is 11.5 Å². The lowest BCUT2D eigenvalue weighted by atomic mass is 10.1. The third-order valence-electron chi connectivity index (χ3n) is 3.40. The van der Waals surface area contributed by atoms with Crippen LogP contribution in [-0.4, -0.2) is 25.6 Å². The molecule has 0 aliphatic rings. The van der Waals surface area contributed by atoms with Crippen molar-refractivity contribution in [3.05, 3.63) is 53.3 Å². The summed E-state index contributed by atoms with van der Waals surface area (Å²) in [6.07, 6.45) is 1.69. The monoisotopic (exact) mass is 281 g/mol. The fourth-order valence-corrected chi connectivity index (χ4v) is 2.34. The van der Waals surface area contributed by atoms with E-state index in [1.54, 1.807) is 17.6 Å². The number of nitrogens with two attached hydrogens (primary N) is 1. The Morgan fingerprint density at radius 2 is 1.90 bits per heavy atom. The van der Waals surface area contributed by atoms with Gasteiger partial charge in [0.1, 0.15) is 0 Å². The van der Waals surface area contributed by atoms with Gasteiger partial charge in [-0.15, -0.1) is 0 Å². The second kappa shape index (κ2) is 4.90. The second-order valence-electron chi connectivity index (χ2n) is 4.88. The summed E-state index contributed by atoms with van der Waals surface area (Å²) in [6, 6.07) is 10.0. The molecule has 0 aliphatic heterocycles. The molecule has 0 aliphatic carbocycles. The van der Waals surface area contributed by atoms with Gasteiger partial charge in [-0.05, 0) is 19.9 Å². The molecule has 21 heavy (non-hydrogen) atoms. The summed E-state index contributed by atoms with van der Waals surface area (Å²) in [5.41, 5.74) is 10.6. The van der Waals surface area contributed by atoms with Crippen molar-refractivity contribution >= 4 is 11.5 Å².